The van der Waals surface area contributed by atoms with E-state index in [0.29, 0.717) is 0 Å². The standard InChI is InChI=1S/C24H25N3O/c1-3-7-19(8-4-1)21-11-12-23-25-24(20-9-5-2-6-10-20)22(27(23)17-21)18-26-13-15-28-16-14-26/h1-12,17,23,25H,13-16,18H2. The predicted octanol–water partition coefficient (Wildman–Crippen LogP) is 3.53. The molecule has 3 aliphatic heterocycles. The van der Waals surface area contributed by atoms with Gasteiger partial charge in [0, 0.05) is 25.8 Å². The molecule has 2 aromatic rings. The Morgan fingerprint density at radius 1 is 0.893 bits per heavy atom. The van der Waals surface area contributed by atoms with Gasteiger partial charge in [-0.1, -0.05) is 66.7 Å². The quantitative estimate of drug-likeness (QED) is 0.890. The van der Waals surface area contributed by atoms with Crippen LogP contribution in [-0.2, 0) is 4.74 Å². The zero-order valence-corrected chi connectivity index (χ0v) is 15.9. The molecule has 5 rings (SSSR count). The Morgan fingerprint density at radius 3 is 2.29 bits per heavy atom. The van der Waals surface area contributed by atoms with Crippen LogP contribution < -0.4 is 5.32 Å². The van der Waals surface area contributed by atoms with Crippen molar-refractivity contribution in [3.05, 3.63) is 95.8 Å². The first-order valence-electron chi connectivity index (χ1n) is 9.97. The van der Waals surface area contributed by atoms with Crippen LogP contribution in [-0.4, -0.2) is 48.8 Å². The van der Waals surface area contributed by atoms with E-state index in [4.69, 9.17) is 4.74 Å². The minimum atomic E-state index is 0.165. The van der Waals surface area contributed by atoms with Gasteiger partial charge in [-0.2, -0.15) is 0 Å². The van der Waals surface area contributed by atoms with Crippen molar-refractivity contribution < 1.29 is 4.74 Å². The minimum absolute atomic E-state index is 0.165. The lowest BCUT2D eigenvalue weighted by atomic mass is 10.0. The van der Waals surface area contributed by atoms with Gasteiger partial charge in [0.25, 0.3) is 0 Å². The van der Waals surface area contributed by atoms with E-state index in [1.54, 1.807) is 0 Å². The van der Waals surface area contributed by atoms with Crippen molar-refractivity contribution in [2.24, 2.45) is 0 Å². The molecular formula is C24H25N3O. The molecule has 4 nitrogen and oxygen atoms in total. The molecule has 2 aromatic carbocycles. The zero-order chi connectivity index (χ0) is 18.8. The first-order chi connectivity index (χ1) is 13.9. The minimum Gasteiger partial charge on any atom is -0.379 e. The van der Waals surface area contributed by atoms with Crippen LogP contribution in [0.15, 0.2) is 84.7 Å². The highest BCUT2D eigenvalue weighted by Gasteiger charge is 2.32. The molecule has 0 aliphatic carbocycles. The molecule has 0 radical (unpaired) electrons. The van der Waals surface area contributed by atoms with Gasteiger partial charge in [-0.3, -0.25) is 4.90 Å². The lowest BCUT2D eigenvalue weighted by Gasteiger charge is -2.32. The summed E-state index contributed by atoms with van der Waals surface area (Å²) in [6.45, 7) is 4.51. The summed E-state index contributed by atoms with van der Waals surface area (Å²) in [5.41, 5.74) is 6.29. The Kier molecular flexibility index (Phi) is 4.73. The first-order valence-corrected chi connectivity index (χ1v) is 9.97. The molecule has 1 atom stereocenters. The van der Waals surface area contributed by atoms with Gasteiger partial charge in [-0.25, -0.2) is 0 Å². The Morgan fingerprint density at radius 2 is 1.57 bits per heavy atom. The summed E-state index contributed by atoms with van der Waals surface area (Å²) in [7, 11) is 0. The number of benzene rings is 2. The van der Waals surface area contributed by atoms with E-state index in [1.807, 2.05) is 0 Å². The maximum absolute atomic E-state index is 5.55. The van der Waals surface area contributed by atoms with Gasteiger partial charge in [0.2, 0.25) is 0 Å². The van der Waals surface area contributed by atoms with E-state index in [1.165, 1.54) is 28.1 Å². The van der Waals surface area contributed by atoms with Gasteiger partial charge in [-0.05, 0) is 22.8 Å². The van der Waals surface area contributed by atoms with Crippen molar-refractivity contribution in [2.75, 3.05) is 32.8 Å². The van der Waals surface area contributed by atoms with E-state index in [9.17, 15) is 0 Å². The van der Waals surface area contributed by atoms with E-state index >= 15 is 0 Å². The number of fused-ring (bicyclic) bond motifs is 1. The van der Waals surface area contributed by atoms with Crippen molar-refractivity contribution >= 4 is 11.3 Å². The molecule has 1 saturated heterocycles. The SMILES string of the molecule is C1=CC2NC(c3ccccc3)=C(CN3CCOCC3)N2C=C1c1ccccc1. The summed E-state index contributed by atoms with van der Waals surface area (Å²) in [6, 6.07) is 21.2. The zero-order valence-electron chi connectivity index (χ0n) is 15.9. The van der Waals surface area contributed by atoms with Crippen molar-refractivity contribution in [1.82, 2.24) is 15.1 Å². The predicted molar refractivity (Wildman–Crippen MR) is 113 cm³/mol. The second kappa shape index (κ2) is 7.66. The number of rotatable bonds is 4. The Bertz CT molecular complexity index is 911. The summed E-state index contributed by atoms with van der Waals surface area (Å²) in [5.74, 6) is 0. The third-order valence-electron chi connectivity index (χ3n) is 5.58. The van der Waals surface area contributed by atoms with Gasteiger partial charge >= 0.3 is 0 Å². The van der Waals surface area contributed by atoms with Crippen LogP contribution in [0.4, 0.5) is 0 Å². The molecule has 0 amide bonds. The molecule has 28 heavy (non-hydrogen) atoms. The van der Waals surface area contributed by atoms with Crippen molar-refractivity contribution in [3.63, 3.8) is 0 Å². The molecule has 4 heteroatoms. The third-order valence-corrected chi connectivity index (χ3v) is 5.58. The molecule has 3 aliphatic rings. The average Bonchev–Trinajstić information content (AvgIpc) is 3.13. The second-order valence-corrected chi connectivity index (χ2v) is 7.38. The highest BCUT2D eigenvalue weighted by atomic mass is 16.5. The monoisotopic (exact) mass is 371 g/mol. The fraction of sp³-hybridized carbons (Fsp3) is 0.250. The van der Waals surface area contributed by atoms with E-state index in [0.717, 1.165) is 32.8 Å². The fourth-order valence-corrected chi connectivity index (χ4v) is 4.07. The van der Waals surface area contributed by atoms with E-state index in [-0.39, 0.29) is 6.17 Å². The number of hydrogen-bond acceptors (Lipinski definition) is 4. The topological polar surface area (TPSA) is 27.7 Å². The lowest BCUT2D eigenvalue weighted by Crippen LogP contribution is -2.40. The number of allylic oxidation sites excluding steroid dienone is 2. The van der Waals surface area contributed by atoms with Crippen LogP contribution in [0.3, 0.4) is 0 Å². The van der Waals surface area contributed by atoms with Crippen LogP contribution in [0.2, 0.25) is 0 Å². The molecule has 1 fully saturated rings. The number of nitrogens with one attached hydrogen (secondary N) is 1. The molecule has 1 unspecified atom stereocenters. The molecule has 3 heterocycles. The maximum atomic E-state index is 5.55. The summed E-state index contributed by atoms with van der Waals surface area (Å²) in [4.78, 5) is 4.89. The van der Waals surface area contributed by atoms with Gasteiger partial charge in [0.15, 0.2) is 0 Å². The van der Waals surface area contributed by atoms with Crippen molar-refractivity contribution in [3.8, 4) is 0 Å². The summed E-state index contributed by atoms with van der Waals surface area (Å²) in [6.07, 6.45) is 6.94. The van der Waals surface area contributed by atoms with Gasteiger partial charge < -0.3 is 15.0 Å². The van der Waals surface area contributed by atoms with Crippen LogP contribution in [0.1, 0.15) is 11.1 Å². The van der Waals surface area contributed by atoms with Crippen molar-refractivity contribution in [1.29, 1.82) is 0 Å². The highest BCUT2D eigenvalue weighted by Crippen LogP contribution is 2.34. The molecule has 0 spiro atoms. The molecule has 0 aromatic heterocycles. The third kappa shape index (κ3) is 3.37. The first kappa shape index (κ1) is 17.3. The van der Waals surface area contributed by atoms with Crippen LogP contribution in [0.5, 0.6) is 0 Å². The number of morpholine rings is 1. The number of nitrogens with zero attached hydrogens (tertiary/aromatic N) is 2. The molecular weight excluding hydrogens is 346 g/mol. The van der Waals surface area contributed by atoms with Crippen LogP contribution in [0.25, 0.3) is 11.3 Å². The maximum Gasteiger partial charge on any atom is 0.123 e. The lowest BCUT2D eigenvalue weighted by molar-refractivity contribution is 0.0401. The van der Waals surface area contributed by atoms with Gasteiger partial charge in [-0.15, -0.1) is 0 Å². The van der Waals surface area contributed by atoms with E-state index in [2.05, 4.69) is 94.1 Å². The van der Waals surface area contributed by atoms with Crippen LogP contribution >= 0.6 is 0 Å². The number of hydrogen-bond donors (Lipinski definition) is 1. The Balaban J connectivity index is 1.52. The molecule has 0 saturated carbocycles. The molecule has 0 bridgehead atoms. The fourth-order valence-electron chi connectivity index (χ4n) is 4.07. The van der Waals surface area contributed by atoms with Crippen LogP contribution in [0, 0.1) is 0 Å². The smallest absolute Gasteiger partial charge is 0.123 e. The molecule has 142 valence electrons. The average molecular weight is 371 g/mol. The van der Waals surface area contributed by atoms with Gasteiger partial charge in [0.1, 0.15) is 6.17 Å². The normalized spacial score (nSPS) is 22.1. The van der Waals surface area contributed by atoms with Gasteiger partial charge in [0.05, 0.1) is 24.6 Å². The Labute approximate surface area is 166 Å². The Hall–Kier alpha value is -2.82. The second-order valence-electron chi connectivity index (χ2n) is 7.38. The highest BCUT2D eigenvalue weighted by molar-refractivity contribution is 5.78. The number of ether oxygens (including phenoxy) is 1. The molecule has 1 N–H and O–H groups in total. The van der Waals surface area contributed by atoms with Crippen molar-refractivity contribution in [2.45, 2.75) is 6.17 Å². The summed E-state index contributed by atoms with van der Waals surface area (Å²) in [5, 5.41) is 3.74. The largest absolute Gasteiger partial charge is 0.379 e. The van der Waals surface area contributed by atoms with E-state index < -0.39 is 0 Å². The summed E-state index contributed by atoms with van der Waals surface area (Å²) >= 11 is 0. The summed E-state index contributed by atoms with van der Waals surface area (Å²) < 4.78 is 5.55.